The molecule has 19 heavy (non-hydrogen) atoms. The van der Waals surface area contributed by atoms with Gasteiger partial charge in [-0.15, -0.1) is 5.10 Å². The van der Waals surface area contributed by atoms with Crippen LogP contribution in [0.15, 0.2) is 10.7 Å². The molecule has 1 unspecified atom stereocenters. The summed E-state index contributed by atoms with van der Waals surface area (Å²) >= 11 is 0. The van der Waals surface area contributed by atoms with Crippen LogP contribution >= 0.6 is 0 Å². The second kappa shape index (κ2) is 5.45. The summed E-state index contributed by atoms with van der Waals surface area (Å²) in [5.41, 5.74) is 6.21. The smallest absolute Gasteiger partial charge is 0.248 e. The maximum absolute atomic E-state index is 5.54. The van der Waals surface area contributed by atoms with Gasteiger partial charge < -0.3 is 15.0 Å². The first-order valence-electron chi connectivity index (χ1n) is 6.35. The molecule has 8 heteroatoms. The fourth-order valence-corrected chi connectivity index (χ4v) is 2.09. The van der Waals surface area contributed by atoms with Crippen molar-refractivity contribution in [3.8, 4) is 0 Å². The third-order valence-corrected chi connectivity index (χ3v) is 3.04. The van der Waals surface area contributed by atoms with Crippen LogP contribution in [-0.2, 0) is 24.2 Å². The molecule has 1 aliphatic rings. The van der Waals surface area contributed by atoms with Gasteiger partial charge in [-0.3, -0.25) is 0 Å². The fourth-order valence-electron chi connectivity index (χ4n) is 2.09. The summed E-state index contributed by atoms with van der Waals surface area (Å²) in [6, 6.07) is 0. The van der Waals surface area contributed by atoms with E-state index in [0.717, 1.165) is 25.1 Å². The molecule has 8 nitrogen and oxygen atoms in total. The maximum atomic E-state index is 5.54. The van der Waals surface area contributed by atoms with E-state index in [9.17, 15) is 0 Å². The summed E-state index contributed by atoms with van der Waals surface area (Å²) in [6.07, 6.45) is 4.86. The normalized spacial score (nSPS) is 19.1. The molecule has 3 rings (SSSR count). The SMILES string of the molecule is NCc1cn(Cc2nc(CC3CCCO3)no2)nn1. The molecule has 0 bridgehead atoms. The molecule has 2 aromatic heterocycles. The van der Waals surface area contributed by atoms with Gasteiger partial charge in [0.05, 0.1) is 18.0 Å². The Bertz CT molecular complexity index is 531. The summed E-state index contributed by atoms with van der Waals surface area (Å²) in [6.45, 7) is 1.61. The number of hydrogen-bond acceptors (Lipinski definition) is 7. The molecule has 0 saturated carbocycles. The third-order valence-electron chi connectivity index (χ3n) is 3.04. The first-order chi connectivity index (χ1) is 9.33. The molecule has 0 aliphatic carbocycles. The van der Waals surface area contributed by atoms with E-state index in [1.165, 1.54) is 0 Å². The van der Waals surface area contributed by atoms with E-state index >= 15 is 0 Å². The minimum Gasteiger partial charge on any atom is -0.378 e. The lowest BCUT2D eigenvalue weighted by Crippen LogP contribution is -2.10. The Morgan fingerprint density at radius 1 is 1.47 bits per heavy atom. The highest BCUT2D eigenvalue weighted by Crippen LogP contribution is 2.15. The van der Waals surface area contributed by atoms with E-state index in [0.29, 0.717) is 31.2 Å². The molecule has 2 aromatic rings. The largest absolute Gasteiger partial charge is 0.378 e. The fraction of sp³-hybridized carbons (Fsp3) is 0.636. The van der Waals surface area contributed by atoms with Crippen molar-refractivity contribution >= 4 is 0 Å². The lowest BCUT2D eigenvalue weighted by atomic mass is 10.2. The second-order valence-corrected chi connectivity index (χ2v) is 4.56. The minimum atomic E-state index is 0.223. The highest BCUT2D eigenvalue weighted by atomic mass is 16.5. The van der Waals surface area contributed by atoms with E-state index in [-0.39, 0.29) is 6.10 Å². The highest BCUT2D eigenvalue weighted by molar-refractivity contribution is 4.94. The van der Waals surface area contributed by atoms with Gasteiger partial charge >= 0.3 is 0 Å². The first kappa shape index (κ1) is 12.2. The van der Waals surface area contributed by atoms with Crippen LogP contribution in [0, 0.1) is 0 Å². The van der Waals surface area contributed by atoms with Gasteiger partial charge in [0, 0.05) is 19.6 Å². The molecular weight excluding hydrogens is 248 g/mol. The maximum Gasteiger partial charge on any atom is 0.248 e. The van der Waals surface area contributed by atoms with Gasteiger partial charge in [-0.25, -0.2) is 4.68 Å². The highest BCUT2D eigenvalue weighted by Gasteiger charge is 2.19. The number of aromatic nitrogens is 5. The second-order valence-electron chi connectivity index (χ2n) is 4.56. The van der Waals surface area contributed by atoms with Crippen LogP contribution in [0.5, 0.6) is 0 Å². The predicted octanol–water partition coefficient (Wildman–Crippen LogP) is -0.110. The van der Waals surface area contributed by atoms with Gasteiger partial charge in [-0.2, -0.15) is 4.98 Å². The van der Waals surface area contributed by atoms with Crippen LogP contribution < -0.4 is 5.73 Å². The molecule has 0 spiro atoms. The molecular formula is C11H16N6O2. The van der Waals surface area contributed by atoms with Crippen LogP contribution in [-0.4, -0.2) is 37.8 Å². The van der Waals surface area contributed by atoms with Crippen LogP contribution in [0.1, 0.15) is 30.3 Å². The van der Waals surface area contributed by atoms with E-state index < -0.39 is 0 Å². The predicted molar refractivity (Wildman–Crippen MR) is 64.0 cm³/mol. The van der Waals surface area contributed by atoms with Crippen molar-refractivity contribution < 1.29 is 9.26 Å². The summed E-state index contributed by atoms with van der Waals surface area (Å²) in [4.78, 5) is 4.33. The minimum absolute atomic E-state index is 0.223. The molecule has 0 aromatic carbocycles. The summed E-state index contributed by atoms with van der Waals surface area (Å²) in [5, 5.41) is 11.8. The number of nitrogens with zero attached hydrogens (tertiary/aromatic N) is 5. The van der Waals surface area contributed by atoms with Crippen LogP contribution in [0.4, 0.5) is 0 Å². The summed E-state index contributed by atoms with van der Waals surface area (Å²) in [5.74, 6) is 1.20. The Hall–Kier alpha value is -1.80. The Kier molecular flexibility index (Phi) is 3.51. The van der Waals surface area contributed by atoms with Gasteiger partial charge in [0.2, 0.25) is 5.89 Å². The van der Waals surface area contributed by atoms with Gasteiger partial charge in [0.25, 0.3) is 0 Å². The van der Waals surface area contributed by atoms with Crippen LogP contribution in [0.25, 0.3) is 0 Å². The molecule has 1 saturated heterocycles. The van der Waals surface area contributed by atoms with Crippen molar-refractivity contribution in [1.29, 1.82) is 0 Å². The van der Waals surface area contributed by atoms with E-state index in [1.807, 2.05) is 0 Å². The van der Waals surface area contributed by atoms with Crippen LogP contribution in [0.2, 0.25) is 0 Å². The Morgan fingerprint density at radius 3 is 3.16 bits per heavy atom. The molecule has 0 radical (unpaired) electrons. The molecule has 1 atom stereocenters. The topological polar surface area (TPSA) is 105 Å². The van der Waals surface area contributed by atoms with E-state index in [1.54, 1.807) is 10.9 Å². The average Bonchev–Trinajstić information content (AvgIpc) is 3.13. The quantitative estimate of drug-likeness (QED) is 0.803. The molecule has 102 valence electrons. The van der Waals surface area contributed by atoms with Crippen molar-refractivity contribution in [2.24, 2.45) is 5.73 Å². The Labute approximate surface area is 109 Å². The Morgan fingerprint density at radius 2 is 2.42 bits per heavy atom. The van der Waals surface area contributed by atoms with Gasteiger partial charge in [0.1, 0.15) is 6.54 Å². The van der Waals surface area contributed by atoms with Gasteiger partial charge in [-0.05, 0) is 12.8 Å². The van der Waals surface area contributed by atoms with Crippen molar-refractivity contribution in [3.63, 3.8) is 0 Å². The zero-order valence-electron chi connectivity index (χ0n) is 10.5. The van der Waals surface area contributed by atoms with Gasteiger partial charge in [-0.1, -0.05) is 10.4 Å². The number of nitrogens with two attached hydrogens (primary N) is 1. The zero-order valence-corrected chi connectivity index (χ0v) is 10.5. The van der Waals surface area contributed by atoms with Crippen molar-refractivity contribution in [2.75, 3.05) is 6.61 Å². The Balaban J connectivity index is 1.60. The molecule has 3 heterocycles. The van der Waals surface area contributed by atoms with Crippen molar-refractivity contribution in [1.82, 2.24) is 25.1 Å². The lowest BCUT2D eigenvalue weighted by Gasteiger charge is -2.03. The zero-order chi connectivity index (χ0) is 13.1. The standard InChI is InChI=1S/C11H16N6O2/c12-5-8-6-17(16-14-8)7-11-13-10(15-19-11)4-9-2-1-3-18-9/h6,9H,1-5,7,12H2. The van der Waals surface area contributed by atoms with Crippen LogP contribution in [0.3, 0.4) is 0 Å². The average molecular weight is 264 g/mol. The monoisotopic (exact) mass is 264 g/mol. The number of ether oxygens (including phenoxy) is 1. The van der Waals surface area contributed by atoms with Crippen molar-refractivity contribution in [3.05, 3.63) is 23.6 Å². The molecule has 0 amide bonds. The number of hydrogen-bond donors (Lipinski definition) is 1. The first-order valence-corrected chi connectivity index (χ1v) is 6.35. The van der Waals surface area contributed by atoms with E-state index in [4.69, 9.17) is 15.0 Å². The summed E-state index contributed by atoms with van der Waals surface area (Å²) in [7, 11) is 0. The molecule has 2 N–H and O–H groups in total. The summed E-state index contributed by atoms with van der Waals surface area (Å²) < 4.78 is 12.4. The molecule has 1 aliphatic heterocycles. The van der Waals surface area contributed by atoms with E-state index in [2.05, 4.69) is 20.5 Å². The number of rotatable bonds is 5. The molecule has 1 fully saturated rings. The van der Waals surface area contributed by atoms with Crippen molar-refractivity contribution in [2.45, 2.75) is 38.5 Å². The lowest BCUT2D eigenvalue weighted by molar-refractivity contribution is 0.109. The van der Waals surface area contributed by atoms with Gasteiger partial charge in [0.15, 0.2) is 5.82 Å². The third kappa shape index (κ3) is 2.96.